The summed E-state index contributed by atoms with van der Waals surface area (Å²) in [5.41, 5.74) is 0.00372. The van der Waals surface area contributed by atoms with Crippen molar-refractivity contribution in [2.75, 3.05) is 6.61 Å². The molecule has 0 heterocycles. The summed E-state index contributed by atoms with van der Waals surface area (Å²) >= 11 is 0. The Morgan fingerprint density at radius 2 is 1.67 bits per heavy atom. The van der Waals surface area contributed by atoms with Crippen LogP contribution in [0.1, 0.15) is 16.8 Å². The standard InChI is InChI=1S/C11H10F4O5S/c12-10(13,11(14,15)21(17,18)19)6-7-20-9(16)8-4-2-1-3-5-8/h1-5H,6-7H2,(H,17,18,19)/p-1. The minimum absolute atomic E-state index is 0.00372. The molecule has 0 aliphatic heterocycles. The summed E-state index contributed by atoms with van der Waals surface area (Å²) in [5, 5.41) is -5.78. The van der Waals surface area contributed by atoms with Gasteiger partial charge in [0.2, 0.25) is 0 Å². The third-order valence-corrected chi connectivity index (χ3v) is 3.33. The smallest absolute Gasteiger partial charge is 0.396 e. The van der Waals surface area contributed by atoms with Crippen LogP contribution < -0.4 is 0 Å². The fraction of sp³-hybridized carbons (Fsp3) is 0.364. The van der Waals surface area contributed by atoms with Crippen LogP contribution in [0.3, 0.4) is 0 Å². The first-order valence-corrected chi connectivity index (χ1v) is 6.83. The molecule has 1 aromatic rings. The lowest BCUT2D eigenvalue weighted by molar-refractivity contribution is -0.168. The summed E-state index contributed by atoms with van der Waals surface area (Å²) < 4.78 is 86.3. The van der Waals surface area contributed by atoms with E-state index in [4.69, 9.17) is 0 Å². The van der Waals surface area contributed by atoms with Crippen LogP contribution in [0.15, 0.2) is 30.3 Å². The van der Waals surface area contributed by atoms with Crippen LogP contribution in [-0.4, -0.2) is 36.7 Å². The average Bonchev–Trinajstić information content (AvgIpc) is 2.38. The number of halogens is 4. The average molecular weight is 329 g/mol. The van der Waals surface area contributed by atoms with Gasteiger partial charge in [-0.25, -0.2) is 13.2 Å². The molecular weight excluding hydrogens is 320 g/mol. The number of rotatable bonds is 6. The first-order valence-electron chi connectivity index (χ1n) is 5.42. The van der Waals surface area contributed by atoms with Crippen LogP contribution in [0, 0.1) is 0 Å². The Kier molecular flexibility index (Phi) is 4.95. The summed E-state index contributed by atoms with van der Waals surface area (Å²) in [6.45, 7) is -1.17. The molecule has 0 N–H and O–H groups in total. The van der Waals surface area contributed by atoms with E-state index < -0.39 is 40.3 Å². The molecule has 0 unspecified atom stereocenters. The van der Waals surface area contributed by atoms with Crippen molar-refractivity contribution in [3.05, 3.63) is 35.9 Å². The van der Waals surface area contributed by atoms with E-state index in [2.05, 4.69) is 4.74 Å². The SMILES string of the molecule is O=C(OCCC(F)(F)C(F)(F)S(=O)(=O)[O-])c1ccccc1. The number of carbonyl (C=O) groups excluding carboxylic acids is 1. The molecule has 0 spiro atoms. The second-order valence-electron chi connectivity index (χ2n) is 3.93. The number of carbonyl (C=O) groups is 1. The van der Waals surface area contributed by atoms with E-state index in [1.807, 2.05) is 0 Å². The summed E-state index contributed by atoms with van der Waals surface area (Å²) in [5.74, 6) is -6.19. The van der Waals surface area contributed by atoms with Crippen molar-refractivity contribution in [1.29, 1.82) is 0 Å². The Balaban J connectivity index is 2.65. The predicted octanol–water partition coefficient (Wildman–Crippen LogP) is 2.01. The summed E-state index contributed by atoms with van der Waals surface area (Å²) in [6, 6.07) is 7.10. The molecule has 10 heteroatoms. The number of ether oxygens (including phenoxy) is 1. The van der Waals surface area contributed by atoms with Gasteiger partial charge in [0.25, 0.3) is 0 Å². The van der Waals surface area contributed by atoms with Crippen LogP contribution in [0.25, 0.3) is 0 Å². The molecule has 5 nitrogen and oxygen atoms in total. The molecule has 118 valence electrons. The molecule has 0 aromatic heterocycles. The zero-order chi connectivity index (χ0) is 16.3. The van der Waals surface area contributed by atoms with Gasteiger partial charge in [-0.2, -0.15) is 17.6 Å². The normalized spacial score (nSPS) is 13.0. The minimum Gasteiger partial charge on any atom is -0.743 e. The van der Waals surface area contributed by atoms with E-state index in [1.54, 1.807) is 6.07 Å². The quantitative estimate of drug-likeness (QED) is 0.453. The fourth-order valence-corrected chi connectivity index (χ4v) is 1.73. The van der Waals surface area contributed by atoms with Gasteiger partial charge >= 0.3 is 17.1 Å². The van der Waals surface area contributed by atoms with Crippen LogP contribution in [0.2, 0.25) is 0 Å². The molecule has 0 fully saturated rings. The maximum atomic E-state index is 13.0. The van der Waals surface area contributed by atoms with Gasteiger partial charge in [-0.1, -0.05) is 18.2 Å². The minimum atomic E-state index is -6.54. The van der Waals surface area contributed by atoms with Gasteiger partial charge in [0, 0.05) is 0 Å². The van der Waals surface area contributed by atoms with Gasteiger partial charge in [-0.15, -0.1) is 0 Å². The second kappa shape index (κ2) is 5.98. The molecular formula is C11H9F4O5S-. The lowest BCUT2D eigenvalue weighted by Crippen LogP contribution is -2.47. The molecule has 0 aliphatic carbocycles. The number of esters is 1. The summed E-state index contributed by atoms with van der Waals surface area (Å²) in [6.07, 6.45) is -1.81. The van der Waals surface area contributed by atoms with Gasteiger partial charge in [0.05, 0.1) is 18.6 Å². The van der Waals surface area contributed by atoms with Crippen molar-refractivity contribution in [3.63, 3.8) is 0 Å². The van der Waals surface area contributed by atoms with Gasteiger partial charge in [0.15, 0.2) is 10.1 Å². The Hall–Kier alpha value is -1.68. The molecule has 0 radical (unpaired) electrons. The van der Waals surface area contributed by atoms with E-state index >= 15 is 0 Å². The molecule has 0 atom stereocenters. The zero-order valence-corrected chi connectivity index (χ0v) is 11.1. The molecule has 1 rings (SSSR count). The molecule has 0 aliphatic rings. The van der Waals surface area contributed by atoms with E-state index in [0.717, 1.165) is 0 Å². The third-order valence-electron chi connectivity index (χ3n) is 2.40. The highest BCUT2D eigenvalue weighted by atomic mass is 32.2. The molecule has 0 bridgehead atoms. The van der Waals surface area contributed by atoms with Crippen LogP contribution >= 0.6 is 0 Å². The number of alkyl halides is 4. The zero-order valence-electron chi connectivity index (χ0n) is 10.3. The van der Waals surface area contributed by atoms with Crippen LogP contribution in [0.4, 0.5) is 17.6 Å². The maximum absolute atomic E-state index is 13.0. The van der Waals surface area contributed by atoms with Crippen molar-refractivity contribution in [2.45, 2.75) is 17.6 Å². The number of hydrogen-bond donors (Lipinski definition) is 0. The van der Waals surface area contributed by atoms with E-state index in [-0.39, 0.29) is 5.56 Å². The Bertz CT molecular complexity index is 600. The monoisotopic (exact) mass is 329 g/mol. The van der Waals surface area contributed by atoms with Gasteiger partial charge in [0.1, 0.15) is 0 Å². The lowest BCUT2D eigenvalue weighted by Gasteiger charge is -2.28. The van der Waals surface area contributed by atoms with Gasteiger partial charge in [-0.3, -0.25) is 0 Å². The van der Waals surface area contributed by atoms with Crippen LogP contribution in [-0.2, 0) is 14.9 Å². The van der Waals surface area contributed by atoms with Crippen molar-refractivity contribution in [1.82, 2.24) is 0 Å². The van der Waals surface area contributed by atoms with E-state index in [0.29, 0.717) is 0 Å². The van der Waals surface area contributed by atoms with Crippen LogP contribution in [0.5, 0.6) is 0 Å². The van der Waals surface area contributed by atoms with Gasteiger partial charge in [-0.05, 0) is 12.1 Å². The van der Waals surface area contributed by atoms with Crippen molar-refractivity contribution < 1.29 is 40.1 Å². The fourth-order valence-electron chi connectivity index (χ4n) is 1.26. The van der Waals surface area contributed by atoms with Crippen molar-refractivity contribution >= 4 is 16.1 Å². The van der Waals surface area contributed by atoms with E-state index in [1.165, 1.54) is 24.3 Å². The summed E-state index contributed by atoms with van der Waals surface area (Å²) in [7, 11) is -6.54. The predicted molar refractivity (Wildman–Crippen MR) is 60.9 cm³/mol. The molecule has 0 saturated heterocycles. The highest BCUT2D eigenvalue weighted by Gasteiger charge is 2.61. The molecule has 0 saturated carbocycles. The highest BCUT2D eigenvalue weighted by molar-refractivity contribution is 7.86. The van der Waals surface area contributed by atoms with Crippen molar-refractivity contribution in [3.8, 4) is 0 Å². The Morgan fingerprint density at radius 3 is 2.14 bits per heavy atom. The maximum Gasteiger partial charge on any atom is 0.396 e. The van der Waals surface area contributed by atoms with E-state index in [9.17, 15) is 35.3 Å². The number of hydrogen-bond acceptors (Lipinski definition) is 5. The Labute approximate surface area is 117 Å². The Morgan fingerprint density at radius 1 is 1.14 bits per heavy atom. The third kappa shape index (κ3) is 3.91. The molecule has 0 amide bonds. The highest BCUT2D eigenvalue weighted by Crippen LogP contribution is 2.40. The topological polar surface area (TPSA) is 83.5 Å². The van der Waals surface area contributed by atoms with Crippen molar-refractivity contribution in [2.24, 2.45) is 0 Å². The largest absolute Gasteiger partial charge is 0.743 e. The first-order chi connectivity index (χ1) is 9.49. The lowest BCUT2D eigenvalue weighted by atomic mass is 10.2. The molecule has 21 heavy (non-hydrogen) atoms. The first kappa shape index (κ1) is 17.4. The second-order valence-corrected chi connectivity index (χ2v) is 5.35. The summed E-state index contributed by atoms with van der Waals surface area (Å²) in [4.78, 5) is 11.3. The number of benzene rings is 1. The van der Waals surface area contributed by atoms with Gasteiger partial charge < -0.3 is 9.29 Å². The molecule has 1 aromatic carbocycles.